The van der Waals surface area contributed by atoms with Crippen LogP contribution in [-0.2, 0) is 18.8 Å². The summed E-state index contributed by atoms with van der Waals surface area (Å²) in [5, 5.41) is 15.2. The summed E-state index contributed by atoms with van der Waals surface area (Å²) in [6, 6.07) is 14.6. The Morgan fingerprint density at radius 2 is 1.88 bits per heavy atom. The van der Waals surface area contributed by atoms with Gasteiger partial charge in [-0.15, -0.1) is 0 Å². The SMILES string of the molecule is COC(C)C.FCF.O=CCNP(OCC1OC(n2ccc(=O)[nH]c2=O)CC1O)Oc1cccc2ccccc12. The Bertz CT molecular complexity index is 1290. The van der Waals surface area contributed by atoms with Crippen molar-refractivity contribution in [1.82, 2.24) is 14.6 Å². The number of methoxy groups -OCH3 is 1. The Hall–Kier alpha value is -3.06. The molecular weight excluding hydrogens is 551 g/mol. The largest absolute Gasteiger partial charge is 0.435 e. The molecule has 4 atom stereocenters. The van der Waals surface area contributed by atoms with Crippen LogP contribution in [0.4, 0.5) is 8.78 Å². The van der Waals surface area contributed by atoms with Crippen LogP contribution in [0.2, 0.25) is 0 Å². The van der Waals surface area contributed by atoms with E-state index in [4.69, 9.17) is 18.5 Å². The van der Waals surface area contributed by atoms with Crippen LogP contribution in [-0.4, -0.2) is 66.4 Å². The van der Waals surface area contributed by atoms with Gasteiger partial charge in [-0.05, 0) is 25.3 Å². The Labute approximate surface area is 231 Å². The number of ether oxygens (including phenoxy) is 2. The quantitative estimate of drug-likeness (QED) is 0.241. The predicted octanol–water partition coefficient (Wildman–Crippen LogP) is 3.37. The van der Waals surface area contributed by atoms with E-state index in [9.17, 15) is 28.3 Å². The molecule has 0 aliphatic carbocycles. The zero-order chi connectivity index (χ0) is 29.5. The van der Waals surface area contributed by atoms with Crippen LogP contribution in [0.5, 0.6) is 5.75 Å². The Balaban J connectivity index is 0.000000621. The molecule has 0 amide bonds. The molecule has 2 heterocycles. The zero-order valence-corrected chi connectivity index (χ0v) is 23.3. The number of aldehydes is 1. The van der Waals surface area contributed by atoms with Crippen LogP contribution >= 0.6 is 8.53 Å². The molecule has 2 aromatic carbocycles. The number of carbonyl (C=O) groups excluding carboxylic acids is 1. The summed E-state index contributed by atoms with van der Waals surface area (Å²) in [5.41, 5.74) is -1.13. The number of aromatic amines is 1. The summed E-state index contributed by atoms with van der Waals surface area (Å²) in [4.78, 5) is 36.3. The number of hydrogen-bond acceptors (Lipinski definition) is 9. The van der Waals surface area contributed by atoms with Crippen molar-refractivity contribution >= 4 is 25.6 Å². The third kappa shape index (κ3) is 10.5. The molecule has 0 bridgehead atoms. The zero-order valence-electron chi connectivity index (χ0n) is 22.4. The van der Waals surface area contributed by atoms with Crippen LogP contribution in [0, 0.1) is 0 Å². The van der Waals surface area contributed by atoms with E-state index in [2.05, 4.69) is 10.1 Å². The van der Waals surface area contributed by atoms with Gasteiger partial charge < -0.3 is 28.4 Å². The van der Waals surface area contributed by atoms with Gasteiger partial charge in [0, 0.05) is 31.2 Å². The summed E-state index contributed by atoms with van der Waals surface area (Å²) in [6.45, 7) is 2.25. The van der Waals surface area contributed by atoms with Crippen molar-refractivity contribution in [2.45, 2.75) is 44.8 Å². The van der Waals surface area contributed by atoms with E-state index >= 15 is 0 Å². The van der Waals surface area contributed by atoms with Gasteiger partial charge in [-0.25, -0.2) is 18.7 Å². The van der Waals surface area contributed by atoms with Crippen LogP contribution in [0.25, 0.3) is 10.8 Å². The first-order valence-electron chi connectivity index (χ1n) is 12.3. The Kier molecular flexibility index (Phi) is 14.6. The van der Waals surface area contributed by atoms with Gasteiger partial charge >= 0.3 is 14.2 Å². The molecule has 40 heavy (non-hydrogen) atoms. The number of carbonyl (C=O) groups is 1. The van der Waals surface area contributed by atoms with Crippen LogP contribution in [0.3, 0.4) is 0 Å². The smallest absolute Gasteiger partial charge is 0.330 e. The lowest BCUT2D eigenvalue weighted by molar-refractivity contribution is -0.107. The number of nitrogens with zero attached hydrogens (tertiary/aromatic N) is 1. The summed E-state index contributed by atoms with van der Waals surface area (Å²) >= 11 is 0. The number of fused-ring (bicyclic) bond motifs is 1. The molecule has 4 rings (SSSR count). The van der Waals surface area contributed by atoms with Crippen molar-refractivity contribution in [2.24, 2.45) is 0 Å². The number of aliphatic hydroxyl groups excluding tert-OH is 1. The standard InChI is InChI=1S/C21H22N3O7P.C4H10O.CH2F2/c25-11-9-22-32(31-17-7-3-5-14-4-1-2-6-15(14)17)29-13-18-16(26)12-20(30-18)24-10-8-19(27)23-21(24)28;1-4(2)5-3;2-1-3/h1-8,10-11,16,18,20,22,26H,9,12-13H2,(H,23,27,28);4H,1-3H3;1H2. The van der Waals surface area contributed by atoms with Crippen LogP contribution in [0.15, 0.2) is 64.3 Å². The monoisotopic (exact) mass is 585 g/mol. The fourth-order valence-electron chi connectivity index (χ4n) is 3.41. The van der Waals surface area contributed by atoms with Crippen molar-refractivity contribution in [3.05, 3.63) is 75.6 Å². The average Bonchev–Trinajstić information content (AvgIpc) is 3.30. The van der Waals surface area contributed by atoms with Crippen molar-refractivity contribution in [3.8, 4) is 5.75 Å². The second-order valence-electron chi connectivity index (χ2n) is 8.49. The normalized spacial score (nSPS) is 18.8. The Morgan fingerprint density at radius 1 is 1.20 bits per heavy atom. The highest BCUT2D eigenvalue weighted by atomic mass is 31.2. The molecule has 3 aromatic rings. The average molecular weight is 586 g/mol. The molecule has 0 spiro atoms. The number of aliphatic hydroxyl groups is 1. The summed E-state index contributed by atoms with van der Waals surface area (Å²) < 4.78 is 42.8. The third-order valence-electron chi connectivity index (χ3n) is 5.43. The number of hydrogen-bond donors (Lipinski definition) is 3. The first-order valence-corrected chi connectivity index (χ1v) is 13.5. The molecule has 1 saturated heterocycles. The van der Waals surface area contributed by atoms with Crippen molar-refractivity contribution in [2.75, 3.05) is 27.2 Å². The second kappa shape index (κ2) is 17.6. The highest BCUT2D eigenvalue weighted by Gasteiger charge is 2.36. The minimum atomic E-state index is -1.75. The molecule has 1 aliphatic heterocycles. The van der Waals surface area contributed by atoms with Gasteiger partial charge in [-0.2, -0.15) is 0 Å². The van der Waals surface area contributed by atoms with E-state index in [1.54, 1.807) is 7.11 Å². The second-order valence-corrected chi connectivity index (χ2v) is 9.76. The highest BCUT2D eigenvalue weighted by molar-refractivity contribution is 7.45. The number of alkyl halides is 2. The van der Waals surface area contributed by atoms with E-state index in [0.717, 1.165) is 10.8 Å². The number of rotatable bonds is 10. The highest BCUT2D eigenvalue weighted by Crippen LogP contribution is 2.40. The van der Waals surface area contributed by atoms with Gasteiger partial charge in [0.25, 0.3) is 5.56 Å². The molecule has 0 radical (unpaired) electrons. The van der Waals surface area contributed by atoms with Gasteiger partial charge in [-0.3, -0.25) is 14.3 Å². The first kappa shape index (κ1) is 33.1. The van der Waals surface area contributed by atoms with E-state index in [1.807, 2.05) is 56.3 Å². The summed E-state index contributed by atoms with van der Waals surface area (Å²) in [7, 11) is -0.0196. The number of halogens is 2. The van der Waals surface area contributed by atoms with Crippen molar-refractivity contribution < 1.29 is 37.2 Å². The number of nitrogens with one attached hydrogen (secondary N) is 2. The van der Waals surface area contributed by atoms with E-state index in [1.165, 1.54) is 16.8 Å². The van der Waals surface area contributed by atoms with E-state index in [-0.39, 0.29) is 19.6 Å². The van der Waals surface area contributed by atoms with Gasteiger partial charge in [0.05, 0.1) is 25.4 Å². The van der Waals surface area contributed by atoms with E-state index < -0.39 is 45.1 Å². The fraction of sp³-hybridized carbons (Fsp3) is 0.423. The van der Waals surface area contributed by atoms with Gasteiger partial charge in [0.2, 0.25) is 6.93 Å². The van der Waals surface area contributed by atoms with Crippen LogP contribution in [0.1, 0.15) is 26.5 Å². The molecular formula is C26H34F2N3O8P. The van der Waals surface area contributed by atoms with E-state index in [0.29, 0.717) is 18.1 Å². The summed E-state index contributed by atoms with van der Waals surface area (Å²) in [5.74, 6) is 0.596. The number of aromatic nitrogens is 2. The lowest BCUT2D eigenvalue weighted by atomic mass is 10.1. The lowest BCUT2D eigenvalue weighted by Crippen LogP contribution is -2.32. The number of H-pyrrole nitrogens is 1. The topological polar surface area (TPSA) is 141 Å². The molecule has 1 fully saturated rings. The molecule has 1 aromatic heterocycles. The molecule has 14 heteroatoms. The van der Waals surface area contributed by atoms with Gasteiger partial charge in [0.1, 0.15) is 24.4 Å². The first-order chi connectivity index (χ1) is 19.2. The predicted molar refractivity (Wildman–Crippen MR) is 147 cm³/mol. The summed E-state index contributed by atoms with van der Waals surface area (Å²) in [6.07, 6.45) is 0.210. The molecule has 3 N–H and O–H groups in total. The maximum atomic E-state index is 12.0. The molecule has 0 saturated carbocycles. The Morgan fingerprint density at radius 3 is 2.52 bits per heavy atom. The maximum Gasteiger partial charge on any atom is 0.330 e. The fourth-order valence-corrected chi connectivity index (χ4v) is 4.46. The number of benzene rings is 2. The molecule has 11 nitrogen and oxygen atoms in total. The van der Waals surface area contributed by atoms with Gasteiger partial charge in [-0.1, -0.05) is 36.4 Å². The molecule has 4 unspecified atom stereocenters. The van der Waals surface area contributed by atoms with Gasteiger partial charge in [0.15, 0.2) is 0 Å². The maximum absolute atomic E-state index is 12.0. The lowest BCUT2D eigenvalue weighted by Gasteiger charge is -2.21. The third-order valence-corrected chi connectivity index (χ3v) is 6.61. The minimum Gasteiger partial charge on any atom is -0.435 e. The van der Waals surface area contributed by atoms with Crippen LogP contribution < -0.4 is 20.9 Å². The minimum absolute atomic E-state index is 0.0277. The van der Waals surface area contributed by atoms with Crippen molar-refractivity contribution in [3.63, 3.8) is 0 Å². The van der Waals surface area contributed by atoms with Crippen molar-refractivity contribution in [1.29, 1.82) is 0 Å². The molecule has 1 aliphatic rings. The molecule has 220 valence electrons.